The second-order valence-corrected chi connectivity index (χ2v) is 6.26. The highest BCUT2D eigenvalue weighted by atomic mass is 16.3. The molecule has 116 valence electrons. The van der Waals surface area contributed by atoms with Crippen LogP contribution in [0.2, 0.25) is 0 Å². The van der Waals surface area contributed by atoms with Crippen LogP contribution in [0, 0.1) is 5.92 Å². The van der Waals surface area contributed by atoms with E-state index in [1.807, 2.05) is 30.3 Å². The quantitative estimate of drug-likeness (QED) is 0.798. The second-order valence-electron chi connectivity index (χ2n) is 6.26. The van der Waals surface area contributed by atoms with E-state index < -0.39 is 0 Å². The maximum absolute atomic E-state index is 12.2. The molecule has 0 spiro atoms. The van der Waals surface area contributed by atoms with Crippen LogP contribution in [0.5, 0.6) is 0 Å². The second kappa shape index (κ2) is 7.46. The monoisotopic (exact) mass is 290 g/mol. The predicted molar refractivity (Wildman–Crippen MR) is 84.0 cm³/mol. The van der Waals surface area contributed by atoms with Crippen molar-refractivity contribution >= 4 is 6.03 Å². The van der Waals surface area contributed by atoms with E-state index in [4.69, 9.17) is 0 Å². The lowest BCUT2D eigenvalue weighted by Gasteiger charge is -2.28. The highest BCUT2D eigenvalue weighted by Crippen LogP contribution is 2.22. The molecule has 3 N–H and O–H groups in total. The average Bonchev–Trinajstić information content (AvgIpc) is 2.48. The number of hydrogen-bond donors (Lipinski definition) is 3. The van der Waals surface area contributed by atoms with Gasteiger partial charge >= 0.3 is 6.03 Å². The molecule has 1 atom stereocenters. The van der Waals surface area contributed by atoms with Crippen molar-refractivity contribution in [2.45, 2.75) is 57.7 Å². The van der Waals surface area contributed by atoms with Crippen LogP contribution in [0.3, 0.4) is 0 Å². The highest BCUT2D eigenvalue weighted by molar-refractivity contribution is 5.74. The molecule has 1 aliphatic rings. The van der Waals surface area contributed by atoms with Crippen LogP contribution < -0.4 is 10.6 Å². The first-order chi connectivity index (χ1) is 10.1. The fourth-order valence-corrected chi connectivity index (χ4v) is 2.88. The van der Waals surface area contributed by atoms with Crippen LogP contribution in [0.15, 0.2) is 30.3 Å². The molecule has 0 aromatic heterocycles. The molecule has 1 saturated carbocycles. The summed E-state index contributed by atoms with van der Waals surface area (Å²) in [4.78, 5) is 12.2. The molecular formula is C17H26N2O2. The lowest BCUT2D eigenvalue weighted by molar-refractivity contribution is 0.117. The fourth-order valence-electron chi connectivity index (χ4n) is 2.88. The number of carbonyl (C=O) groups is 1. The van der Waals surface area contributed by atoms with Crippen LogP contribution in [-0.2, 0) is 0 Å². The highest BCUT2D eigenvalue weighted by Gasteiger charge is 2.23. The zero-order valence-corrected chi connectivity index (χ0v) is 12.9. The standard InChI is InChI=1S/C17H26N2O2/c1-12(2)16(13-6-4-3-5-7-13)19-17(21)18-14-8-10-15(20)11-9-14/h3-7,12,14-16,20H,8-11H2,1-2H3,(H2,18,19,21). The minimum absolute atomic E-state index is 0.0142. The Kier molecular flexibility index (Phi) is 5.62. The Morgan fingerprint density at radius 2 is 1.76 bits per heavy atom. The van der Waals surface area contributed by atoms with Crippen molar-refractivity contribution in [2.75, 3.05) is 0 Å². The van der Waals surface area contributed by atoms with E-state index in [1.165, 1.54) is 0 Å². The van der Waals surface area contributed by atoms with Crippen molar-refractivity contribution in [3.63, 3.8) is 0 Å². The molecule has 1 unspecified atom stereocenters. The van der Waals surface area contributed by atoms with Crippen molar-refractivity contribution in [2.24, 2.45) is 5.92 Å². The molecule has 0 saturated heterocycles. The van der Waals surface area contributed by atoms with E-state index in [-0.39, 0.29) is 24.2 Å². The minimum atomic E-state index is -0.196. The van der Waals surface area contributed by atoms with Gasteiger partial charge < -0.3 is 15.7 Å². The van der Waals surface area contributed by atoms with E-state index in [1.54, 1.807) is 0 Å². The van der Waals surface area contributed by atoms with Gasteiger partial charge in [-0.1, -0.05) is 44.2 Å². The van der Waals surface area contributed by atoms with Gasteiger partial charge in [0, 0.05) is 6.04 Å². The number of amides is 2. The summed E-state index contributed by atoms with van der Waals surface area (Å²) in [5.41, 5.74) is 1.13. The van der Waals surface area contributed by atoms with Gasteiger partial charge in [0.05, 0.1) is 12.1 Å². The van der Waals surface area contributed by atoms with Gasteiger partial charge in [0.2, 0.25) is 0 Å². The summed E-state index contributed by atoms with van der Waals surface area (Å²) in [6, 6.07) is 10.1. The van der Waals surface area contributed by atoms with E-state index in [2.05, 4.69) is 24.5 Å². The topological polar surface area (TPSA) is 61.4 Å². The smallest absolute Gasteiger partial charge is 0.315 e. The largest absolute Gasteiger partial charge is 0.393 e. The van der Waals surface area contributed by atoms with Crippen molar-refractivity contribution in [3.8, 4) is 0 Å². The molecule has 0 radical (unpaired) electrons. The van der Waals surface area contributed by atoms with Crippen LogP contribution >= 0.6 is 0 Å². The molecule has 2 amide bonds. The Morgan fingerprint density at radius 1 is 1.14 bits per heavy atom. The van der Waals surface area contributed by atoms with Crippen molar-refractivity contribution < 1.29 is 9.90 Å². The zero-order chi connectivity index (χ0) is 15.2. The molecule has 0 bridgehead atoms. The summed E-state index contributed by atoms with van der Waals surface area (Å²) in [7, 11) is 0. The number of aliphatic hydroxyl groups excluding tert-OH is 1. The van der Waals surface area contributed by atoms with Gasteiger partial charge in [-0.3, -0.25) is 0 Å². The van der Waals surface area contributed by atoms with Gasteiger partial charge in [0.15, 0.2) is 0 Å². The fraction of sp³-hybridized carbons (Fsp3) is 0.588. The van der Waals surface area contributed by atoms with Gasteiger partial charge in [-0.25, -0.2) is 4.79 Å². The maximum atomic E-state index is 12.2. The lowest BCUT2D eigenvalue weighted by atomic mass is 9.93. The summed E-state index contributed by atoms with van der Waals surface area (Å²) in [6.07, 6.45) is 3.06. The first-order valence-electron chi connectivity index (χ1n) is 7.86. The van der Waals surface area contributed by atoms with Crippen LogP contribution in [0.4, 0.5) is 4.79 Å². The number of aliphatic hydroxyl groups is 1. The summed E-state index contributed by atoms with van der Waals surface area (Å²) < 4.78 is 0. The van der Waals surface area contributed by atoms with Gasteiger partial charge in [0.1, 0.15) is 0 Å². The maximum Gasteiger partial charge on any atom is 0.315 e. The summed E-state index contributed by atoms with van der Waals surface area (Å²) >= 11 is 0. The van der Waals surface area contributed by atoms with Gasteiger partial charge in [-0.15, -0.1) is 0 Å². The van der Waals surface area contributed by atoms with E-state index in [0.717, 1.165) is 31.2 Å². The van der Waals surface area contributed by atoms with Gasteiger partial charge in [0.25, 0.3) is 0 Å². The van der Waals surface area contributed by atoms with E-state index in [0.29, 0.717) is 5.92 Å². The Hall–Kier alpha value is -1.55. The molecule has 2 rings (SSSR count). The molecule has 0 heterocycles. The number of hydrogen-bond acceptors (Lipinski definition) is 2. The molecule has 4 nitrogen and oxygen atoms in total. The van der Waals surface area contributed by atoms with Crippen LogP contribution in [0.25, 0.3) is 0 Å². The Bertz CT molecular complexity index is 439. The van der Waals surface area contributed by atoms with Gasteiger partial charge in [-0.05, 0) is 37.2 Å². The average molecular weight is 290 g/mol. The molecule has 1 fully saturated rings. The SMILES string of the molecule is CC(C)C(NC(=O)NC1CCC(O)CC1)c1ccccc1. The van der Waals surface area contributed by atoms with Crippen molar-refractivity contribution in [1.82, 2.24) is 10.6 Å². The van der Waals surface area contributed by atoms with E-state index in [9.17, 15) is 9.90 Å². The van der Waals surface area contributed by atoms with Crippen LogP contribution in [-0.4, -0.2) is 23.3 Å². The van der Waals surface area contributed by atoms with Gasteiger partial charge in [-0.2, -0.15) is 0 Å². The lowest BCUT2D eigenvalue weighted by Crippen LogP contribution is -2.46. The Morgan fingerprint density at radius 3 is 2.33 bits per heavy atom. The molecule has 21 heavy (non-hydrogen) atoms. The Balaban J connectivity index is 1.90. The minimum Gasteiger partial charge on any atom is -0.393 e. The van der Waals surface area contributed by atoms with Crippen LogP contribution in [0.1, 0.15) is 51.1 Å². The van der Waals surface area contributed by atoms with Crippen molar-refractivity contribution in [1.29, 1.82) is 0 Å². The third-order valence-electron chi connectivity index (χ3n) is 4.14. The molecular weight excluding hydrogens is 264 g/mol. The number of nitrogens with one attached hydrogen (secondary N) is 2. The normalized spacial score (nSPS) is 23.6. The van der Waals surface area contributed by atoms with E-state index >= 15 is 0 Å². The summed E-state index contributed by atoms with van der Waals surface area (Å²) in [6.45, 7) is 4.21. The first-order valence-corrected chi connectivity index (χ1v) is 7.86. The third-order valence-corrected chi connectivity index (χ3v) is 4.14. The number of urea groups is 1. The Labute approximate surface area is 126 Å². The summed E-state index contributed by atoms with van der Waals surface area (Å²) in [5, 5.41) is 15.6. The third kappa shape index (κ3) is 4.74. The molecule has 1 aliphatic carbocycles. The first kappa shape index (κ1) is 15.8. The summed E-state index contributed by atoms with van der Waals surface area (Å²) in [5.74, 6) is 0.325. The number of rotatable bonds is 4. The number of carbonyl (C=O) groups excluding carboxylic acids is 1. The zero-order valence-electron chi connectivity index (χ0n) is 12.9. The molecule has 1 aromatic carbocycles. The molecule has 1 aromatic rings. The van der Waals surface area contributed by atoms with Crippen molar-refractivity contribution in [3.05, 3.63) is 35.9 Å². The number of benzene rings is 1. The predicted octanol–water partition coefficient (Wildman–Crippen LogP) is 2.99. The molecule has 0 aliphatic heterocycles. The molecule has 4 heteroatoms.